The number of ether oxygens (including phenoxy) is 1. The highest BCUT2D eigenvalue weighted by Crippen LogP contribution is 2.12. The number of unbranched alkanes of at least 4 members (excludes halogenated alkanes) is 5. The van der Waals surface area contributed by atoms with Crippen molar-refractivity contribution in [1.29, 1.82) is 0 Å². The van der Waals surface area contributed by atoms with Gasteiger partial charge in [-0.05, 0) is 6.42 Å². The number of methoxy groups -OCH3 is 1. The van der Waals surface area contributed by atoms with Crippen molar-refractivity contribution >= 4 is 0 Å². The van der Waals surface area contributed by atoms with Gasteiger partial charge in [-0.2, -0.15) is 0 Å². The normalized spacial score (nSPS) is 15.2. The van der Waals surface area contributed by atoms with E-state index in [1.54, 1.807) is 7.11 Å². The van der Waals surface area contributed by atoms with Crippen LogP contribution in [0.15, 0.2) is 0 Å². The summed E-state index contributed by atoms with van der Waals surface area (Å²) in [5.41, 5.74) is 0. The molecule has 15 heavy (non-hydrogen) atoms. The Hall–Kier alpha value is -0.120. The summed E-state index contributed by atoms with van der Waals surface area (Å²) >= 11 is 0. The van der Waals surface area contributed by atoms with Crippen LogP contribution in [-0.4, -0.2) is 36.1 Å². The second-order valence-corrected chi connectivity index (χ2v) is 4.08. The molecule has 92 valence electrons. The molecule has 0 aliphatic rings. The fourth-order valence-corrected chi connectivity index (χ4v) is 1.71. The van der Waals surface area contributed by atoms with Crippen LogP contribution in [0.4, 0.5) is 0 Å². The Morgan fingerprint density at radius 2 is 1.67 bits per heavy atom. The molecule has 2 N–H and O–H groups in total. The van der Waals surface area contributed by atoms with Crippen molar-refractivity contribution in [2.45, 2.75) is 64.1 Å². The first-order chi connectivity index (χ1) is 7.26. The monoisotopic (exact) mass is 218 g/mol. The molecule has 0 aromatic rings. The number of hydrogen-bond donors (Lipinski definition) is 2. The van der Waals surface area contributed by atoms with Gasteiger partial charge in [0.1, 0.15) is 6.10 Å². The van der Waals surface area contributed by atoms with E-state index in [1.165, 1.54) is 32.1 Å². The second kappa shape index (κ2) is 10.4. The third-order valence-electron chi connectivity index (χ3n) is 2.76. The van der Waals surface area contributed by atoms with Crippen LogP contribution in [-0.2, 0) is 4.74 Å². The van der Waals surface area contributed by atoms with Gasteiger partial charge in [-0.25, -0.2) is 0 Å². The molecule has 0 heterocycles. The summed E-state index contributed by atoms with van der Waals surface area (Å²) in [4.78, 5) is 0. The third kappa shape index (κ3) is 7.77. The molecule has 0 aromatic carbocycles. The van der Waals surface area contributed by atoms with Crippen LogP contribution in [0.5, 0.6) is 0 Å². The van der Waals surface area contributed by atoms with Gasteiger partial charge in [0.2, 0.25) is 0 Å². The van der Waals surface area contributed by atoms with Gasteiger partial charge < -0.3 is 14.9 Å². The van der Waals surface area contributed by atoms with Gasteiger partial charge in [0, 0.05) is 7.11 Å². The first-order valence-electron chi connectivity index (χ1n) is 6.08. The predicted molar refractivity (Wildman–Crippen MR) is 61.9 cm³/mol. The van der Waals surface area contributed by atoms with Crippen molar-refractivity contribution in [3.63, 3.8) is 0 Å². The van der Waals surface area contributed by atoms with E-state index in [1.807, 2.05) is 0 Å². The summed E-state index contributed by atoms with van der Waals surface area (Å²) in [5, 5.41) is 18.2. The molecule has 0 aliphatic heterocycles. The smallest absolute Gasteiger partial charge is 0.103 e. The molecule has 0 fully saturated rings. The zero-order valence-corrected chi connectivity index (χ0v) is 10.1. The maximum absolute atomic E-state index is 9.38. The SMILES string of the molecule is CCCCCCCCC(OC)C(O)CO. The van der Waals surface area contributed by atoms with Gasteiger partial charge in [0.15, 0.2) is 0 Å². The molecule has 0 aromatic heterocycles. The number of rotatable bonds is 10. The highest BCUT2D eigenvalue weighted by Gasteiger charge is 2.16. The minimum Gasteiger partial charge on any atom is -0.394 e. The second-order valence-electron chi connectivity index (χ2n) is 4.08. The largest absolute Gasteiger partial charge is 0.394 e. The summed E-state index contributed by atoms with van der Waals surface area (Å²) in [7, 11) is 1.58. The zero-order chi connectivity index (χ0) is 11.5. The van der Waals surface area contributed by atoms with Crippen LogP contribution >= 0.6 is 0 Å². The van der Waals surface area contributed by atoms with Crippen LogP contribution < -0.4 is 0 Å². The van der Waals surface area contributed by atoms with E-state index in [9.17, 15) is 5.11 Å². The Morgan fingerprint density at radius 1 is 1.07 bits per heavy atom. The molecule has 2 atom stereocenters. The van der Waals surface area contributed by atoms with Crippen LogP contribution in [0.3, 0.4) is 0 Å². The van der Waals surface area contributed by atoms with Crippen molar-refractivity contribution in [1.82, 2.24) is 0 Å². The maximum atomic E-state index is 9.38. The molecule has 2 unspecified atom stereocenters. The molecule has 3 nitrogen and oxygen atoms in total. The molecule has 0 radical (unpaired) electrons. The lowest BCUT2D eigenvalue weighted by atomic mass is 10.0. The minimum atomic E-state index is -0.731. The fraction of sp³-hybridized carbons (Fsp3) is 1.00. The zero-order valence-electron chi connectivity index (χ0n) is 10.1. The van der Waals surface area contributed by atoms with Crippen LogP contribution in [0.25, 0.3) is 0 Å². The lowest BCUT2D eigenvalue weighted by molar-refractivity contribution is -0.0419. The minimum absolute atomic E-state index is 0.207. The van der Waals surface area contributed by atoms with Crippen molar-refractivity contribution in [3.8, 4) is 0 Å². The average molecular weight is 218 g/mol. The first kappa shape index (κ1) is 14.9. The van der Waals surface area contributed by atoms with E-state index in [2.05, 4.69) is 6.92 Å². The number of hydrogen-bond acceptors (Lipinski definition) is 3. The van der Waals surface area contributed by atoms with Crippen molar-refractivity contribution < 1.29 is 14.9 Å². The molecule has 0 bridgehead atoms. The summed E-state index contributed by atoms with van der Waals surface area (Å²) < 4.78 is 5.12. The first-order valence-corrected chi connectivity index (χ1v) is 6.08. The van der Waals surface area contributed by atoms with E-state index in [0.29, 0.717) is 0 Å². The van der Waals surface area contributed by atoms with E-state index in [0.717, 1.165) is 12.8 Å². The summed E-state index contributed by atoms with van der Waals surface area (Å²) in [6.45, 7) is 1.99. The van der Waals surface area contributed by atoms with Gasteiger partial charge >= 0.3 is 0 Å². The highest BCUT2D eigenvalue weighted by molar-refractivity contribution is 4.67. The maximum Gasteiger partial charge on any atom is 0.103 e. The molecule has 3 heteroatoms. The van der Waals surface area contributed by atoms with E-state index in [4.69, 9.17) is 9.84 Å². The predicted octanol–water partition coefficient (Wildman–Crippen LogP) is 2.11. The van der Waals surface area contributed by atoms with Crippen LogP contribution in [0.1, 0.15) is 51.9 Å². The Bertz CT molecular complexity index is 128. The Morgan fingerprint density at radius 3 is 2.20 bits per heavy atom. The average Bonchev–Trinajstić information content (AvgIpc) is 2.27. The summed E-state index contributed by atoms with van der Waals surface area (Å²) in [5.74, 6) is 0. The molecular weight excluding hydrogens is 192 g/mol. The molecule has 0 amide bonds. The van der Waals surface area contributed by atoms with E-state index < -0.39 is 6.10 Å². The third-order valence-corrected chi connectivity index (χ3v) is 2.76. The van der Waals surface area contributed by atoms with Crippen molar-refractivity contribution in [2.24, 2.45) is 0 Å². The van der Waals surface area contributed by atoms with E-state index >= 15 is 0 Å². The van der Waals surface area contributed by atoms with Crippen molar-refractivity contribution in [3.05, 3.63) is 0 Å². The molecule has 0 spiro atoms. The molecule has 0 aliphatic carbocycles. The van der Waals surface area contributed by atoms with Gasteiger partial charge in [0.05, 0.1) is 12.7 Å². The van der Waals surface area contributed by atoms with Gasteiger partial charge in [-0.1, -0.05) is 45.4 Å². The van der Waals surface area contributed by atoms with Gasteiger partial charge in [-0.15, -0.1) is 0 Å². The summed E-state index contributed by atoms with van der Waals surface area (Å²) in [6.07, 6.45) is 7.31. The standard InChI is InChI=1S/C12H26O3/c1-3-4-5-6-7-8-9-12(15-2)11(14)10-13/h11-14H,3-10H2,1-2H3. The Balaban J connectivity index is 3.38. The lowest BCUT2D eigenvalue weighted by Gasteiger charge is -2.19. The van der Waals surface area contributed by atoms with Gasteiger partial charge in [0.25, 0.3) is 0 Å². The van der Waals surface area contributed by atoms with Crippen LogP contribution in [0, 0.1) is 0 Å². The topological polar surface area (TPSA) is 49.7 Å². The Kier molecular flexibility index (Phi) is 10.3. The molecule has 0 saturated heterocycles. The molecular formula is C12H26O3. The number of aliphatic hydroxyl groups excluding tert-OH is 2. The number of aliphatic hydroxyl groups is 2. The quantitative estimate of drug-likeness (QED) is 0.552. The van der Waals surface area contributed by atoms with Crippen LogP contribution in [0.2, 0.25) is 0 Å². The van der Waals surface area contributed by atoms with Crippen molar-refractivity contribution in [2.75, 3.05) is 13.7 Å². The summed E-state index contributed by atoms with van der Waals surface area (Å²) in [6, 6.07) is 0. The molecule has 0 rings (SSSR count). The lowest BCUT2D eigenvalue weighted by Crippen LogP contribution is -2.31. The molecule has 0 saturated carbocycles. The Labute approximate surface area is 93.5 Å². The van der Waals surface area contributed by atoms with E-state index in [-0.39, 0.29) is 12.7 Å². The fourth-order valence-electron chi connectivity index (χ4n) is 1.71. The highest BCUT2D eigenvalue weighted by atomic mass is 16.5. The van der Waals surface area contributed by atoms with Gasteiger partial charge in [-0.3, -0.25) is 0 Å².